The number of methoxy groups -OCH3 is 1. The summed E-state index contributed by atoms with van der Waals surface area (Å²) in [5.41, 5.74) is 2.27. The first-order valence-electron chi connectivity index (χ1n) is 6.71. The number of amides is 1. The smallest absolute Gasteiger partial charge is 0.411 e. The number of halogens is 1. The highest BCUT2D eigenvalue weighted by molar-refractivity contribution is 6.33. The van der Waals surface area contributed by atoms with Gasteiger partial charge in [-0.2, -0.15) is 0 Å². The molecular formula is C14H15ClN4O3. The molecule has 0 radical (unpaired) electrons. The van der Waals surface area contributed by atoms with E-state index in [1.54, 1.807) is 12.4 Å². The lowest BCUT2D eigenvalue weighted by Gasteiger charge is -2.31. The van der Waals surface area contributed by atoms with Crippen LogP contribution in [0.15, 0.2) is 24.7 Å². The second-order valence-electron chi connectivity index (χ2n) is 4.75. The predicted octanol–water partition coefficient (Wildman–Crippen LogP) is 2.64. The number of carbonyl (C=O) groups is 1. The van der Waals surface area contributed by atoms with Gasteiger partial charge in [0.15, 0.2) is 5.75 Å². The fourth-order valence-corrected chi connectivity index (χ4v) is 2.58. The number of aromatic nitrogens is 2. The van der Waals surface area contributed by atoms with Gasteiger partial charge < -0.3 is 19.4 Å². The Morgan fingerprint density at radius 2 is 2.45 bits per heavy atom. The number of carbonyl (C=O) groups excluding carboxylic acids is 1. The molecule has 0 fully saturated rings. The highest BCUT2D eigenvalue weighted by atomic mass is 35.5. The van der Waals surface area contributed by atoms with Crippen molar-refractivity contribution in [2.45, 2.75) is 6.54 Å². The first-order chi connectivity index (χ1) is 10.7. The van der Waals surface area contributed by atoms with Crippen LogP contribution in [0.2, 0.25) is 5.02 Å². The van der Waals surface area contributed by atoms with E-state index >= 15 is 0 Å². The number of ether oxygens (including phenoxy) is 2. The van der Waals surface area contributed by atoms with Gasteiger partial charge in [-0.05, 0) is 12.1 Å². The van der Waals surface area contributed by atoms with Gasteiger partial charge in [0.05, 0.1) is 42.9 Å². The fourth-order valence-electron chi connectivity index (χ4n) is 2.31. The second-order valence-corrected chi connectivity index (χ2v) is 5.16. The van der Waals surface area contributed by atoms with Crippen molar-refractivity contribution in [2.24, 2.45) is 0 Å². The zero-order valence-electron chi connectivity index (χ0n) is 11.9. The summed E-state index contributed by atoms with van der Waals surface area (Å²) in [7, 11) is 1.31. The van der Waals surface area contributed by atoms with Crippen LogP contribution in [0.1, 0.15) is 5.69 Å². The summed E-state index contributed by atoms with van der Waals surface area (Å²) in [4.78, 5) is 20.6. The van der Waals surface area contributed by atoms with Crippen molar-refractivity contribution in [3.05, 3.63) is 35.4 Å². The Bertz CT molecular complexity index is 675. The van der Waals surface area contributed by atoms with E-state index in [0.29, 0.717) is 36.2 Å². The van der Waals surface area contributed by atoms with E-state index in [0.717, 1.165) is 11.4 Å². The third-order valence-corrected chi connectivity index (χ3v) is 3.59. The molecule has 0 spiro atoms. The molecule has 1 amide bonds. The molecule has 1 aromatic heterocycles. The van der Waals surface area contributed by atoms with E-state index in [4.69, 9.17) is 16.3 Å². The lowest BCUT2D eigenvalue weighted by molar-refractivity contribution is 0.187. The van der Waals surface area contributed by atoms with Gasteiger partial charge in [-0.15, -0.1) is 0 Å². The summed E-state index contributed by atoms with van der Waals surface area (Å²) in [6.45, 7) is 1.87. The molecule has 2 heterocycles. The lowest BCUT2D eigenvalue weighted by atomic mass is 10.2. The number of imidazole rings is 1. The molecule has 1 aliphatic rings. The van der Waals surface area contributed by atoms with Gasteiger partial charge in [0.1, 0.15) is 6.61 Å². The highest BCUT2D eigenvalue weighted by Gasteiger charge is 2.22. The lowest BCUT2D eigenvalue weighted by Crippen LogP contribution is -2.32. The number of aromatic amines is 1. The molecule has 3 rings (SSSR count). The normalized spacial score (nSPS) is 13.3. The third-order valence-electron chi connectivity index (χ3n) is 3.31. The van der Waals surface area contributed by atoms with Crippen LogP contribution >= 0.6 is 11.6 Å². The molecule has 1 aliphatic heterocycles. The first-order valence-corrected chi connectivity index (χ1v) is 7.09. The van der Waals surface area contributed by atoms with Gasteiger partial charge in [-0.1, -0.05) is 11.6 Å². The Balaban J connectivity index is 1.91. The number of rotatable bonds is 3. The molecule has 22 heavy (non-hydrogen) atoms. The number of anilines is 2. The summed E-state index contributed by atoms with van der Waals surface area (Å²) in [6, 6.07) is 3.44. The minimum absolute atomic E-state index is 0.440. The monoisotopic (exact) mass is 322 g/mol. The number of hydrogen-bond donors (Lipinski definition) is 2. The first kappa shape index (κ1) is 14.5. The van der Waals surface area contributed by atoms with Crippen molar-refractivity contribution in [1.82, 2.24) is 9.97 Å². The molecule has 7 nitrogen and oxygen atoms in total. The average Bonchev–Trinajstić information content (AvgIpc) is 3.01. The quantitative estimate of drug-likeness (QED) is 0.908. The van der Waals surface area contributed by atoms with Gasteiger partial charge in [0.25, 0.3) is 0 Å². The maximum atomic E-state index is 11.4. The molecule has 0 aliphatic carbocycles. The van der Waals surface area contributed by atoms with E-state index in [9.17, 15) is 4.79 Å². The predicted molar refractivity (Wildman–Crippen MR) is 82.6 cm³/mol. The van der Waals surface area contributed by atoms with E-state index in [1.807, 2.05) is 12.3 Å². The Morgan fingerprint density at radius 1 is 1.59 bits per heavy atom. The molecule has 0 saturated carbocycles. The maximum Gasteiger partial charge on any atom is 0.411 e. The molecule has 0 saturated heterocycles. The third kappa shape index (κ3) is 2.94. The summed E-state index contributed by atoms with van der Waals surface area (Å²) in [6.07, 6.45) is 2.93. The number of nitrogens with one attached hydrogen (secondary N) is 2. The number of H-pyrrole nitrogens is 1. The molecule has 2 N–H and O–H groups in total. The van der Waals surface area contributed by atoms with Crippen molar-refractivity contribution in [1.29, 1.82) is 0 Å². The summed E-state index contributed by atoms with van der Waals surface area (Å²) in [5.74, 6) is 0.610. The van der Waals surface area contributed by atoms with Crippen LogP contribution in [0.5, 0.6) is 5.75 Å². The standard InChI is InChI=1S/C14H15ClN4O3/c1-21-14(20)18-9-4-11(15)13-12(5-9)19(2-3-22-13)7-10-6-16-8-17-10/h4-6,8H,2-3,7H2,1H3,(H,16,17)(H,18,20). The van der Waals surface area contributed by atoms with Crippen LogP contribution in [-0.2, 0) is 11.3 Å². The van der Waals surface area contributed by atoms with Crippen LogP contribution in [0.3, 0.4) is 0 Å². The molecular weight excluding hydrogens is 308 g/mol. The molecule has 0 atom stereocenters. The largest absolute Gasteiger partial charge is 0.488 e. The van der Waals surface area contributed by atoms with Crippen molar-refractivity contribution in [2.75, 3.05) is 30.5 Å². The number of hydrogen-bond acceptors (Lipinski definition) is 5. The van der Waals surface area contributed by atoms with Gasteiger partial charge in [-0.3, -0.25) is 5.32 Å². The summed E-state index contributed by atoms with van der Waals surface area (Å²) in [5, 5.41) is 3.05. The number of fused-ring (bicyclic) bond motifs is 1. The van der Waals surface area contributed by atoms with Gasteiger partial charge in [-0.25, -0.2) is 9.78 Å². The Kier molecular flexibility index (Phi) is 4.06. The van der Waals surface area contributed by atoms with Crippen LogP contribution in [0.25, 0.3) is 0 Å². The second kappa shape index (κ2) is 6.15. The summed E-state index contributed by atoms with van der Waals surface area (Å²) < 4.78 is 10.2. The molecule has 1 aromatic carbocycles. The van der Waals surface area contributed by atoms with Crippen molar-refractivity contribution < 1.29 is 14.3 Å². The maximum absolute atomic E-state index is 11.4. The van der Waals surface area contributed by atoms with E-state index < -0.39 is 6.09 Å². The van der Waals surface area contributed by atoms with E-state index in [-0.39, 0.29) is 0 Å². The average molecular weight is 323 g/mol. The highest BCUT2D eigenvalue weighted by Crippen LogP contribution is 2.41. The molecule has 116 valence electrons. The van der Waals surface area contributed by atoms with Gasteiger partial charge >= 0.3 is 6.09 Å². The number of nitrogens with zero attached hydrogens (tertiary/aromatic N) is 2. The van der Waals surface area contributed by atoms with Gasteiger partial charge in [0, 0.05) is 11.9 Å². The molecule has 8 heteroatoms. The van der Waals surface area contributed by atoms with Crippen molar-refractivity contribution in [3.63, 3.8) is 0 Å². The van der Waals surface area contributed by atoms with Crippen LogP contribution in [-0.4, -0.2) is 36.3 Å². The Morgan fingerprint density at radius 3 is 3.18 bits per heavy atom. The van der Waals surface area contributed by atoms with E-state index in [2.05, 4.69) is 24.9 Å². The Hall–Kier alpha value is -2.41. The summed E-state index contributed by atoms with van der Waals surface area (Å²) >= 11 is 6.26. The fraction of sp³-hybridized carbons (Fsp3) is 0.286. The van der Waals surface area contributed by atoms with Crippen LogP contribution < -0.4 is 15.0 Å². The number of benzene rings is 1. The van der Waals surface area contributed by atoms with Crippen LogP contribution in [0.4, 0.5) is 16.2 Å². The van der Waals surface area contributed by atoms with Crippen LogP contribution in [0, 0.1) is 0 Å². The Labute approximate surface area is 132 Å². The van der Waals surface area contributed by atoms with Crippen molar-refractivity contribution in [3.8, 4) is 5.75 Å². The SMILES string of the molecule is COC(=O)Nc1cc(Cl)c2c(c1)N(Cc1c[nH]cn1)CCO2. The molecule has 0 bridgehead atoms. The van der Waals surface area contributed by atoms with Gasteiger partial charge in [0.2, 0.25) is 0 Å². The molecule has 0 unspecified atom stereocenters. The topological polar surface area (TPSA) is 79.5 Å². The minimum Gasteiger partial charge on any atom is -0.488 e. The molecule has 2 aromatic rings. The van der Waals surface area contributed by atoms with Crippen molar-refractivity contribution >= 4 is 29.1 Å². The minimum atomic E-state index is -0.549. The van der Waals surface area contributed by atoms with E-state index in [1.165, 1.54) is 7.11 Å². The zero-order valence-corrected chi connectivity index (χ0v) is 12.7. The zero-order chi connectivity index (χ0) is 15.5.